The molecule has 0 radical (unpaired) electrons. The molecule has 0 aromatic heterocycles. The number of allylic oxidation sites excluding steroid dienone is 6. The van der Waals surface area contributed by atoms with E-state index < -0.39 is 0 Å². The molecule has 3 heteroatoms. The molecule has 1 heterocycles. The number of carbonyl (C=O) groups excluding carboxylic acids is 1. The van der Waals surface area contributed by atoms with Crippen LogP contribution < -0.4 is 4.74 Å². The number of amides is 1. The van der Waals surface area contributed by atoms with Crippen LogP contribution in [-0.2, 0) is 4.79 Å². The van der Waals surface area contributed by atoms with Crippen molar-refractivity contribution in [3.05, 3.63) is 90.0 Å². The van der Waals surface area contributed by atoms with E-state index in [1.54, 1.807) is 0 Å². The third-order valence-corrected chi connectivity index (χ3v) is 6.89. The Morgan fingerprint density at radius 1 is 0.844 bits per heavy atom. The molecule has 0 bridgehead atoms. The van der Waals surface area contributed by atoms with Crippen molar-refractivity contribution in [3.63, 3.8) is 0 Å². The van der Waals surface area contributed by atoms with Crippen molar-refractivity contribution in [2.24, 2.45) is 5.92 Å². The van der Waals surface area contributed by atoms with Crippen molar-refractivity contribution in [3.8, 4) is 5.75 Å². The number of nitrogens with zero attached hydrogens (tertiary/aromatic N) is 1. The first kappa shape index (κ1) is 20.8. The maximum atomic E-state index is 12.4. The molecule has 1 amide bonds. The van der Waals surface area contributed by atoms with Gasteiger partial charge in [-0.25, -0.2) is 0 Å². The van der Waals surface area contributed by atoms with Crippen LogP contribution in [0.2, 0.25) is 0 Å². The Bertz CT molecular complexity index is 1020. The van der Waals surface area contributed by atoms with Gasteiger partial charge in [0.2, 0.25) is 5.91 Å². The third kappa shape index (κ3) is 4.72. The van der Waals surface area contributed by atoms with Gasteiger partial charge in [0.05, 0.1) is 0 Å². The molecule has 164 valence electrons. The zero-order valence-corrected chi connectivity index (χ0v) is 18.6. The normalized spacial score (nSPS) is 19.6. The zero-order chi connectivity index (χ0) is 21.8. The molecule has 0 N–H and O–H groups in total. The molecule has 32 heavy (non-hydrogen) atoms. The van der Waals surface area contributed by atoms with Crippen molar-refractivity contribution in [1.29, 1.82) is 0 Å². The van der Waals surface area contributed by atoms with Gasteiger partial charge in [-0.05, 0) is 59.7 Å². The summed E-state index contributed by atoms with van der Waals surface area (Å²) < 4.78 is 6.26. The Morgan fingerprint density at radius 3 is 2.25 bits per heavy atom. The number of hydrogen-bond acceptors (Lipinski definition) is 2. The van der Waals surface area contributed by atoms with Crippen LogP contribution in [0.1, 0.15) is 49.7 Å². The van der Waals surface area contributed by atoms with E-state index in [4.69, 9.17) is 4.74 Å². The number of benzene rings is 2. The molecule has 2 fully saturated rings. The molecule has 5 rings (SSSR count). The summed E-state index contributed by atoms with van der Waals surface area (Å²) in [5.41, 5.74) is 4.91. The van der Waals surface area contributed by atoms with Crippen LogP contribution in [-0.4, -0.2) is 30.0 Å². The predicted octanol–water partition coefficient (Wildman–Crippen LogP) is 6.28. The van der Waals surface area contributed by atoms with Gasteiger partial charge in [-0.2, -0.15) is 0 Å². The molecule has 0 unspecified atom stereocenters. The van der Waals surface area contributed by atoms with Gasteiger partial charge in [0, 0.05) is 31.8 Å². The van der Waals surface area contributed by atoms with Gasteiger partial charge in [-0.3, -0.25) is 4.79 Å². The Hall–Kier alpha value is -3.07. The first-order chi connectivity index (χ1) is 15.8. The first-order valence-corrected chi connectivity index (χ1v) is 12.0. The van der Waals surface area contributed by atoms with Crippen molar-refractivity contribution < 1.29 is 9.53 Å². The van der Waals surface area contributed by atoms with Crippen LogP contribution in [0, 0.1) is 5.92 Å². The standard InChI is InChI=1S/C29H31NO2/c31-29(24-11-6-12-24)30-19-17-28(18-20-30)32-27-15-13-23(14-16-27)26-10-5-4-9-25(21-26)22-7-2-1-3-8-22/h1-4,7-10,13-16,21,24,28H,5-6,11-12,17-20H2. The number of piperidine rings is 1. The fourth-order valence-corrected chi connectivity index (χ4v) is 4.70. The van der Waals surface area contributed by atoms with E-state index >= 15 is 0 Å². The molecule has 1 saturated carbocycles. The van der Waals surface area contributed by atoms with E-state index in [1.165, 1.54) is 28.7 Å². The topological polar surface area (TPSA) is 29.5 Å². The lowest BCUT2D eigenvalue weighted by molar-refractivity contribution is -0.140. The van der Waals surface area contributed by atoms with Crippen LogP contribution >= 0.6 is 0 Å². The average molecular weight is 426 g/mol. The molecule has 1 aliphatic heterocycles. The van der Waals surface area contributed by atoms with Gasteiger partial charge in [0.1, 0.15) is 11.9 Å². The maximum Gasteiger partial charge on any atom is 0.225 e. The summed E-state index contributed by atoms with van der Waals surface area (Å²) in [6.45, 7) is 1.65. The van der Waals surface area contributed by atoms with E-state index in [0.29, 0.717) is 11.8 Å². The summed E-state index contributed by atoms with van der Waals surface area (Å²) >= 11 is 0. The van der Waals surface area contributed by atoms with Gasteiger partial charge >= 0.3 is 0 Å². The van der Waals surface area contributed by atoms with E-state index in [1.807, 2.05) is 0 Å². The molecule has 1 saturated heterocycles. The second-order valence-electron chi connectivity index (χ2n) is 9.06. The Morgan fingerprint density at radius 2 is 1.56 bits per heavy atom. The highest BCUT2D eigenvalue weighted by molar-refractivity contribution is 5.88. The highest BCUT2D eigenvalue weighted by Crippen LogP contribution is 2.31. The molecule has 3 aliphatic rings. The third-order valence-electron chi connectivity index (χ3n) is 6.89. The lowest BCUT2D eigenvalue weighted by atomic mass is 9.84. The second-order valence-corrected chi connectivity index (χ2v) is 9.06. The number of ether oxygens (including phenoxy) is 1. The lowest BCUT2D eigenvalue weighted by Crippen LogP contribution is -2.45. The Balaban J connectivity index is 1.20. The molecule has 0 spiro atoms. The van der Waals surface area contributed by atoms with Gasteiger partial charge < -0.3 is 9.64 Å². The minimum Gasteiger partial charge on any atom is -0.490 e. The smallest absolute Gasteiger partial charge is 0.225 e. The summed E-state index contributed by atoms with van der Waals surface area (Å²) in [4.78, 5) is 14.5. The molecular formula is C29H31NO2. The minimum absolute atomic E-state index is 0.192. The van der Waals surface area contributed by atoms with Crippen molar-refractivity contribution in [2.45, 2.75) is 44.6 Å². The average Bonchev–Trinajstić information content (AvgIpc) is 3.06. The van der Waals surface area contributed by atoms with Crippen molar-refractivity contribution in [1.82, 2.24) is 4.90 Å². The monoisotopic (exact) mass is 425 g/mol. The van der Waals surface area contributed by atoms with E-state index in [0.717, 1.165) is 50.9 Å². The number of likely N-dealkylation sites (tertiary alicyclic amines) is 1. The Labute approximate surface area is 191 Å². The van der Waals surface area contributed by atoms with Crippen molar-refractivity contribution >= 4 is 17.1 Å². The quantitative estimate of drug-likeness (QED) is 0.564. The Kier molecular flexibility index (Phi) is 6.24. The maximum absolute atomic E-state index is 12.4. The van der Waals surface area contributed by atoms with Crippen LogP contribution in [0.25, 0.3) is 11.1 Å². The predicted molar refractivity (Wildman–Crippen MR) is 130 cm³/mol. The van der Waals surface area contributed by atoms with E-state index in [-0.39, 0.29) is 6.10 Å². The summed E-state index contributed by atoms with van der Waals surface area (Å²) in [6.07, 6.45) is 15.3. The highest BCUT2D eigenvalue weighted by atomic mass is 16.5. The van der Waals surface area contributed by atoms with E-state index in [2.05, 4.69) is 83.8 Å². The number of carbonyl (C=O) groups is 1. The summed E-state index contributed by atoms with van der Waals surface area (Å²) in [5.74, 6) is 1.58. The number of rotatable bonds is 5. The molecule has 0 atom stereocenters. The van der Waals surface area contributed by atoms with Crippen LogP contribution in [0.5, 0.6) is 5.75 Å². The van der Waals surface area contributed by atoms with Crippen molar-refractivity contribution in [2.75, 3.05) is 13.1 Å². The fraction of sp³-hybridized carbons (Fsp3) is 0.345. The van der Waals surface area contributed by atoms with Gasteiger partial charge in [0.15, 0.2) is 0 Å². The lowest BCUT2D eigenvalue weighted by Gasteiger charge is -2.36. The van der Waals surface area contributed by atoms with Crippen LogP contribution in [0.15, 0.2) is 78.9 Å². The zero-order valence-electron chi connectivity index (χ0n) is 18.6. The number of hydrogen-bond donors (Lipinski definition) is 0. The fourth-order valence-electron chi connectivity index (χ4n) is 4.70. The molecular weight excluding hydrogens is 394 g/mol. The summed E-state index contributed by atoms with van der Waals surface area (Å²) in [5, 5.41) is 0. The van der Waals surface area contributed by atoms with Gasteiger partial charge in [-0.1, -0.05) is 67.1 Å². The molecule has 2 aliphatic carbocycles. The second kappa shape index (κ2) is 9.60. The molecule has 2 aromatic carbocycles. The minimum atomic E-state index is 0.192. The van der Waals surface area contributed by atoms with Crippen LogP contribution in [0.4, 0.5) is 0 Å². The summed E-state index contributed by atoms with van der Waals surface area (Å²) in [6, 6.07) is 19.0. The van der Waals surface area contributed by atoms with Crippen LogP contribution in [0.3, 0.4) is 0 Å². The largest absolute Gasteiger partial charge is 0.490 e. The molecule has 2 aromatic rings. The molecule has 3 nitrogen and oxygen atoms in total. The van der Waals surface area contributed by atoms with Gasteiger partial charge in [-0.15, -0.1) is 0 Å². The van der Waals surface area contributed by atoms with Gasteiger partial charge in [0.25, 0.3) is 0 Å². The summed E-state index contributed by atoms with van der Waals surface area (Å²) in [7, 11) is 0. The SMILES string of the molecule is O=C(C1CCC1)N1CCC(Oc2ccc(C3=CCC=CC(c4ccccc4)=C3)cc2)CC1. The highest BCUT2D eigenvalue weighted by Gasteiger charge is 2.32. The first-order valence-electron chi connectivity index (χ1n) is 12.0. The van der Waals surface area contributed by atoms with E-state index in [9.17, 15) is 4.79 Å².